The van der Waals surface area contributed by atoms with Gasteiger partial charge in [0, 0.05) is 17.0 Å². The third-order valence-corrected chi connectivity index (χ3v) is 2.56. The number of hydrogen-bond acceptors (Lipinski definition) is 5. The van der Waals surface area contributed by atoms with E-state index in [1.54, 1.807) is 11.6 Å². The van der Waals surface area contributed by atoms with E-state index in [4.69, 9.17) is 0 Å². The lowest BCUT2D eigenvalue weighted by atomic mass is 10.2. The average molecular weight is 194 g/mol. The second-order valence-corrected chi connectivity index (χ2v) is 3.24. The van der Waals surface area contributed by atoms with Crippen molar-refractivity contribution >= 4 is 27.5 Å². The molecular formula is C8H6N2O2S. The molecule has 0 bridgehead atoms. The Labute approximate surface area is 78.2 Å². The van der Waals surface area contributed by atoms with Crippen molar-refractivity contribution in [2.24, 2.45) is 0 Å². The molecular weight excluding hydrogens is 188 g/mol. The van der Waals surface area contributed by atoms with Crippen LogP contribution < -0.4 is 0 Å². The highest BCUT2D eigenvalue weighted by Crippen LogP contribution is 2.23. The number of hydrogen-bond donors (Lipinski definition) is 0. The molecule has 4 nitrogen and oxygen atoms in total. The van der Waals surface area contributed by atoms with E-state index in [0.29, 0.717) is 5.56 Å². The third kappa shape index (κ3) is 1.27. The van der Waals surface area contributed by atoms with Crippen molar-refractivity contribution < 1.29 is 9.53 Å². The monoisotopic (exact) mass is 194 g/mol. The zero-order valence-electron chi connectivity index (χ0n) is 6.85. The predicted octanol–water partition coefficient (Wildman–Crippen LogP) is 1.48. The van der Waals surface area contributed by atoms with E-state index in [2.05, 4.69) is 14.7 Å². The Kier molecular flexibility index (Phi) is 1.94. The van der Waals surface area contributed by atoms with Crippen molar-refractivity contribution in [1.82, 2.24) is 9.97 Å². The lowest BCUT2D eigenvalue weighted by molar-refractivity contribution is 0.0603. The van der Waals surface area contributed by atoms with Gasteiger partial charge >= 0.3 is 5.97 Å². The molecule has 2 aromatic heterocycles. The molecule has 0 aliphatic rings. The van der Waals surface area contributed by atoms with Crippen LogP contribution in [0.25, 0.3) is 10.2 Å². The average Bonchev–Trinajstić information content (AvgIpc) is 2.60. The van der Waals surface area contributed by atoms with Crippen LogP contribution in [0.5, 0.6) is 0 Å². The number of fused-ring (bicyclic) bond motifs is 1. The van der Waals surface area contributed by atoms with Crippen molar-refractivity contribution in [3.05, 3.63) is 23.5 Å². The van der Waals surface area contributed by atoms with Crippen molar-refractivity contribution in [2.45, 2.75) is 0 Å². The lowest BCUT2D eigenvalue weighted by Gasteiger charge is -1.94. The Morgan fingerprint density at radius 1 is 1.62 bits per heavy atom. The molecule has 13 heavy (non-hydrogen) atoms. The van der Waals surface area contributed by atoms with E-state index in [-0.39, 0.29) is 5.97 Å². The van der Waals surface area contributed by atoms with Gasteiger partial charge in [0.25, 0.3) is 0 Å². The zero-order chi connectivity index (χ0) is 9.26. The second-order valence-electron chi connectivity index (χ2n) is 2.38. The topological polar surface area (TPSA) is 52.1 Å². The fraction of sp³-hybridized carbons (Fsp3) is 0.125. The van der Waals surface area contributed by atoms with Crippen LogP contribution in [-0.2, 0) is 4.74 Å². The van der Waals surface area contributed by atoms with Gasteiger partial charge in [-0.15, -0.1) is 11.3 Å². The summed E-state index contributed by atoms with van der Waals surface area (Å²) >= 11 is 1.41. The van der Waals surface area contributed by atoms with Gasteiger partial charge in [-0.25, -0.2) is 14.8 Å². The largest absolute Gasteiger partial charge is 0.465 e. The van der Waals surface area contributed by atoms with Gasteiger partial charge in [-0.1, -0.05) is 0 Å². The number of methoxy groups -OCH3 is 1. The van der Waals surface area contributed by atoms with E-state index >= 15 is 0 Å². The molecule has 0 fully saturated rings. The van der Waals surface area contributed by atoms with Crippen molar-refractivity contribution in [1.29, 1.82) is 0 Å². The molecule has 66 valence electrons. The molecule has 0 radical (unpaired) electrons. The summed E-state index contributed by atoms with van der Waals surface area (Å²) in [5.41, 5.74) is 0.531. The maximum Gasteiger partial charge on any atom is 0.339 e. The first kappa shape index (κ1) is 8.12. The standard InChI is InChI=1S/C8H6N2O2S/c1-12-8(11)6-3-13-7-5(6)2-9-4-10-7/h2-4H,1H3. The molecule has 0 spiro atoms. The third-order valence-electron chi connectivity index (χ3n) is 1.66. The zero-order valence-corrected chi connectivity index (χ0v) is 7.67. The molecule has 0 aliphatic carbocycles. The molecule has 0 atom stereocenters. The summed E-state index contributed by atoms with van der Waals surface area (Å²) in [6, 6.07) is 0. The van der Waals surface area contributed by atoms with Crippen LogP contribution in [-0.4, -0.2) is 23.0 Å². The number of aromatic nitrogens is 2. The van der Waals surface area contributed by atoms with Crippen molar-refractivity contribution in [2.75, 3.05) is 7.11 Å². The molecule has 0 N–H and O–H groups in total. The van der Waals surface area contributed by atoms with E-state index in [1.807, 2.05) is 0 Å². The Morgan fingerprint density at radius 3 is 3.23 bits per heavy atom. The van der Waals surface area contributed by atoms with Crippen LogP contribution in [0.3, 0.4) is 0 Å². The van der Waals surface area contributed by atoms with Gasteiger partial charge in [0.1, 0.15) is 11.2 Å². The van der Waals surface area contributed by atoms with Crippen LogP contribution in [0.4, 0.5) is 0 Å². The Hall–Kier alpha value is -1.49. The molecule has 0 saturated heterocycles. The molecule has 5 heteroatoms. The van der Waals surface area contributed by atoms with Crippen LogP contribution in [0, 0.1) is 0 Å². The molecule has 2 aromatic rings. The van der Waals surface area contributed by atoms with Crippen molar-refractivity contribution in [3.63, 3.8) is 0 Å². The number of ether oxygens (including phenoxy) is 1. The molecule has 0 aliphatic heterocycles. The first-order valence-corrected chi connectivity index (χ1v) is 4.46. The summed E-state index contributed by atoms with van der Waals surface area (Å²) in [4.78, 5) is 19.9. The number of thiophene rings is 1. The smallest absolute Gasteiger partial charge is 0.339 e. The Bertz CT molecular complexity index is 452. The van der Waals surface area contributed by atoms with Gasteiger partial charge in [-0.05, 0) is 0 Å². The van der Waals surface area contributed by atoms with Crippen molar-refractivity contribution in [3.8, 4) is 0 Å². The van der Waals surface area contributed by atoms with Gasteiger partial charge in [-0.3, -0.25) is 0 Å². The number of nitrogens with zero attached hydrogens (tertiary/aromatic N) is 2. The summed E-state index contributed by atoms with van der Waals surface area (Å²) < 4.78 is 4.61. The summed E-state index contributed by atoms with van der Waals surface area (Å²) in [5, 5.41) is 2.48. The maximum absolute atomic E-state index is 11.2. The predicted molar refractivity (Wildman–Crippen MR) is 48.8 cm³/mol. The fourth-order valence-corrected chi connectivity index (χ4v) is 1.89. The minimum Gasteiger partial charge on any atom is -0.465 e. The highest BCUT2D eigenvalue weighted by atomic mass is 32.1. The van der Waals surface area contributed by atoms with Gasteiger partial charge in [0.15, 0.2) is 0 Å². The number of carbonyl (C=O) groups excluding carboxylic acids is 1. The number of carbonyl (C=O) groups is 1. The van der Waals surface area contributed by atoms with Gasteiger partial charge in [-0.2, -0.15) is 0 Å². The summed E-state index contributed by atoms with van der Waals surface area (Å²) in [7, 11) is 1.36. The van der Waals surface area contributed by atoms with Crippen LogP contribution in [0.2, 0.25) is 0 Å². The van der Waals surface area contributed by atoms with E-state index in [0.717, 1.165) is 10.2 Å². The highest BCUT2D eigenvalue weighted by Gasteiger charge is 2.12. The molecule has 0 amide bonds. The van der Waals surface area contributed by atoms with E-state index < -0.39 is 0 Å². The summed E-state index contributed by atoms with van der Waals surface area (Å²) in [6.45, 7) is 0. The van der Waals surface area contributed by atoms with Crippen LogP contribution >= 0.6 is 11.3 Å². The minimum absolute atomic E-state index is 0.346. The van der Waals surface area contributed by atoms with Crippen LogP contribution in [0.1, 0.15) is 10.4 Å². The SMILES string of the molecule is COC(=O)c1csc2ncncc12. The normalized spacial score (nSPS) is 10.2. The number of rotatable bonds is 1. The first-order chi connectivity index (χ1) is 6.33. The minimum atomic E-state index is -0.346. The molecule has 2 rings (SSSR count). The Balaban J connectivity index is 2.64. The first-order valence-electron chi connectivity index (χ1n) is 3.58. The molecule has 0 aromatic carbocycles. The summed E-state index contributed by atoms with van der Waals surface area (Å²) in [6.07, 6.45) is 3.07. The molecule has 0 unspecified atom stereocenters. The number of esters is 1. The van der Waals surface area contributed by atoms with Gasteiger partial charge < -0.3 is 4.74 Å². The lowest BCUT2D eigenvalue weighted by Crippen LogP contribution is -1.99. The van der Waals surface area contributed by atoms with E-state index in [9.17, 15) is 4.79 Å². The highest BCUT2D eigenvalue weighted by molar-refractivity contribution is 7.17. The van der Waals surface area contributed by atoms with Gasteiger partial charge in [0.2, 0.25) is 0 Å². The second kappa shape index (κ2) is 3.10. The summed E-state index contributed by atoms with van der Waals surface area (Å²) in [5.74, 6) is -0.346. The quantitative estimate of drug-likeness (QED) is 0.645. The molecule has 0 saturated carbocycles. The maximum atomic E-state index is 11.2. The van der Waals surface area contributed by atoms with Gasteiger partial charge in [0.05, 0.1) is 12.7 Å². The van der Waals surface area contributed by atoms with Crippen LogP contribution in [0.15, 0.2) is 17.9 Å². The van der Waals surface area contributed by atoms with E-state index in [1.165, 1.54) is 24.8 Å². The molecule has 2 heterocycles. The Morgan fingerprint density at radius 2 is 2.46 bits per heavy atom. The fourth-order valence-electron chi connectivity index (χ4n) is 1.04.